The maximum atomic E-state index is 13.5. The molecule has 4 aromatic rings. The van der Waals surface area contributed by atoms with E-state index >= 15 is 0 Å². The molecule has 8 heteroatoms. The number of imidazole rings is 1. The van der Waals surface area contributed by atoms with E-state index in [2.05, 4.69) is 11.8 Å². The Morgan fingerprint density at radius 3 is 2.52 bits per heavy atom. The number of benzene rings is 2. The second-order valence-corrected chi connectivity index (χ2v) is 8.89. The predicted molar refractivity (Wildman–Crippen MR) is 132 cm³/mol. The lowest BCUT2D eigenvalue weighted by Gasteiger charge is -2.33. The van der Waals surface area contributed by atoms with Gasteiger partial charge in [-0.05, 0) is 35.7 Å². The van der Waals surface area contributed by atoms with E-state index in [0.717, 1.165) is 17.8 Å². The molecule has 0 bridgehead atoms. The highest BCUT2D eigenvalue weighted by molar-refractivity contribution is 6.30. The number of aromatic nitrogens is 4. The first-order chi connectivity index (χ1) is 15.9. The fraction of sp³-hybridized carbons (Fsp3) is 0.240. The average molecular weight is 462 g/mol. The Kier molecular flexibility index (Phi) is 5.42. The van der Waals surface area contributed by atoms with E-state index in [9.17, 15) is 9.59 Å². The van der Waals surface area contributed by atoms with Gasteiger partial charge in [0.1, 0.15) is 0 Å². The normalized spacial score (nSPS) is 16.0. The summed E-state index contributed by atoms with van der Waals surface area (Å²) in [5.41, 5.74) is 2.10. The minimum atomic E-state index is -0.383. The molecule has 0 radical (unpaired) electrons. The highest BCUT2D eigenvalue weighted by Gasteiger charge is 2.29. The van der Waals surface area contributed by atoms with Crippen LogP contribution in [0.25, 0.3) is 17.2 Å². The molecule has 0 saturated heterocycles. The molecule has 33 heavy (non-hydrogen) atoms. The second kappa shape index (κ2) is 8.41. The Labute approximate surface area is 195 Å². The van der Waals surface area contributed by atoms with Crippen LogP contribution in [0.4, 0.5) is 11.6 Å². The van der Waals surface area contributed by atoms with Gasteiger partial charge in [0.2, 0.25) is 5.95 Å². The largest absolute Gasteiger partial charge is 0.332 e. The molecule has 0 amide bonds. The molecular weight excluding hydrogens is 438 g/mol. The molecule has 1 atom stereocenters. The summed E-state index contributed by atoms with van der Waals surface area (Å²) < 4.78 is 4.67. The lowest BCUT2D eigenvalue weighted by Crippen LogP contribution is -2.40. The molecule has 0 saturated carbocycles. The molecule has 3 heterocycles. The van der Waals surface area contributed by atoms with Crippen molar-refractivity contribution in [2.24, 2.45) is 13.0 Å². The van der Waals surface area contributed by atoms with E-state index < -0.39 is 0 Å². The van der Waals surface area contributed by atoms with Gasteiger partial charge in [0.15, 0.2) is 11.2 Å². The van der Waals surface area contributed by atoms with E-state index in [1.54, 1.807) is 7.05 Å². The van der Waals surface area contributed by atoms with Gasteiger partial charge >= 0.3 is 5.69 Å². The number of fused-ring (bicyclic) bond motifs is 3. The Morgan fingerprint density at radius 1 is 1.06 bits per heavy atom. The van der Waals surface area contributed by atoms with Crippen molar-refractivity contribution in [2.75, 3.05) is 11.4 Å². The van der Waals surface area contributed by atoms with Crippen LogP contribution >= 0.6 is 11.6 Å². The molecule has 0 aliphatic carbocycles. The van der Waals surface area contributed by atoms with Crippen LogP contribution in [0.1, 0.15) is 12.5 Å². The predicted octanol–water partition coefficient (Wildman–Crippen LogP) is 4.05. The van der Waals surface area contributed by atoms with Gasteiger partial charge in [-0.25, -0.2) is 4.79 Å². The van der Waals surface area contributed by atoms with Gasteiger partial charge in [-0.2, -0.15) is 4.98 Å². The number of allylic oxidation sites excluding steroid dienone is 1. The molecule has 1 aliphatic heterocycles. The number of nitrogens with zero attached hydrogens (tertiary/aromatic N) is 5. The molecule has 0 fully saturated rings. The van der Waals surface area contributed by atoms with E-state index in [4.69, 9.17) is 16.6 Å². The first-order valence-electron chi connectivity index (χ1n) is 10.9. The molecule has 5 rings (SSSR count). The highest BCUT2D eigenvalue weighted by Crippen LogP contribution is 2.33. The van der Waals surface area contributed by atoms with Crippen molar-refractivity contribution in [3.8, 4) is 0 Å². The van der Waals surface area contributed by atoms with Crippen LogP contribution in [0.2, 0.25) is 5.02 Å². The van der Waals surface area contributed by atoms with E-state index in [0.29, 0.717) is 28.7 Å². The molecule has 168 valence electrons. The Bertz CT molecular complexity index is 1470. The summed E-state index contributed by atoms with van der Waals surface area (Å²) in [7, 11) is 1.66. The van der Waals surface area contributed by atoms with Gasteiger partial charge in [-0.1, -0.05) is 61.0 Å². The van der Waals surface area contributed by atoms with Gasteiger partial charge < -0.3 is 9.47 Å². The third kappa shape index (κ3) is 3.78. The lowest BCUT2D eigenvalue weighted by atomic mass is 10.1. The van der Waals surface area contributed by atoms with Crippen molar-refractivity contribution in [1.82, 2.24) is 18.7 Å². The number of hydrogen-bond donors (Lipinski definition) is 0. The molecule has 0 spiro atoms. The summed E-state index contributed by atoms with van der Waals surface area (Å²) >= 11 is 6.07. The van der Waals surface area contributed by atoms with Crippen molar-refractivity contribution in [3.63, 3.8) is 0 Å². The maximum absolute atomic E-state index is 13.5. The van der Waals surface area contributed by atoms with E-state index in [-0.39, 0.29) is 23.7 Å². The summed E-state index contributed by atoms with van der Waals surface area (Å²) in [5.74, 6) is 0.948. The topological polar surface area (TPSA) is 65.1 Å². The number of aryl methyl sites for hydroxylation is 1. The van der Waals surface area contributed by atoms with E-state index in [1.165, 1.54) is 9.13 Å². The third-order valence-electron chi connectivity index (χ3n) is 5.98. The van der Waals surface area contributed by atoms with Crippen LogP contribution in [0, 0.1) is 5.92 Å². The summed E-state index contributed by atoms with van der Waals surface area (Å²) in [5, 5.41) is 0.658. The minimum Gasteiger partial charge on any atom is -0.312 e. The minimum absolute atomic E-state index is 0.188. The molecule has 1 aliphatic rings. The Hall–Kier alpha value is -3.58. The third-order valence-corrected chi connectivity index (χ3v) is 6.23. The van der Waals surface area contributed by atoms with Crippen LogP contribution in [-0.2, 0) is 20.1 Å². The molecule has 2 aromatic heterocycles. The highest BCUT2D eigenvalue weighted by atomic mass is 35.5. The monoisotopic (exact) mass is 461 g/mol. The van der Waals surface area contributed by atoms with Crippen molar-refractivity contribution < 1.29 is 0 Å². The van der Waals surface area contributed by atoms with E-state index in [1.807, 2.05) is 71.3 Å². The molecule has 7 nitrogen and oxygen atoms in total. The number of anilines is 2. The zero-order valence-corrected chi connectivity index (χ0v) is 19.2. The van der Waals surface area contributed by atoms with Gasteiger partial charge in [0.05, 0.1) is 0 Å². The average Bonchev–Trinajstić information content (AvgIpc) is 3.20. The lowest BCUT2D eigenvalue weighted by molar-refractivity contribution is 0.458. The number of halogens is 1. The number of rotatable bonds is 4. The van der Waals surface area contributed by atoms with Crippen LogP contribution in [0.3, 0.4) is 0 Å². The van der Waals surface area contributed by atoms with Crippen molar-refractivity contribution in [3.05, 3.63) is 92.1 Å². The van der Waals surface area contributed by atoms with Gasteiger partial charge in [-0.15, -0.1) is 0 Å². The summed E-state index contributed by atoms with van der Waals surface area (Å²) in [4.78, 5) is 33.3. The van der Waals surface area contributed by atoms with Crippen LogP contribution in [-0.4, -0.2) is 25.2 Å². The van der Waals surface area contributed by atoms with Gasteiger partial charge in [-0.3, -0.25) is 13.9 Å². The fourth-order valence-electron chi connectivity index (χ4n) is 4.36. The van der Waals surface area contributed by atoms with Crippen molar-refractivity contribution in [1.29, 1.82) is 0 Å². The Balaban J connectivity index is 1.63. The summed E-state index contributed by atoms with van der Waals surface area (Å²) in [6.07, 6.45) is 3.74. The number of hydrogen-bond acceptors (Lipinski definition) is 4. The summed E-state index contributed by atoms with van der Waals surface area (Å²) in [6.45, 7) is 3.74. The Morgan fingerprint density at radius 2 is 1.79 bits per heavy atom. The fourth-order valence-corrected chi connectivity index (χ4v) is 4.49. The van der Waals surface area contributed by atoms with Crippen LogP contribution in [0.5, 0.6) is 0 Å². The van der Waals surface area contributed by atoms with Crippen molar-refractivity contribution in [2.45, 2.75) is 20.0 Å². The quantitative estimate of drug-likeness (QED) is 0.460. The zero-order chi connectivity index (χ0) is 23.1. The standard InChI is InChI=1S/C25H24ClN5O2/c1-17-15-30(20-12-10-19(26)11-13-20)24-27-22-21(31(24)16-17)23(32)29(25(33)28(22)2)14-6-9-18-7-4-3-5-8-18/h3-13,17H,14-16H2,1-2H3/b9-6+/t17-/m1/s1. The van der Waals surface area contributed by atoms with Gasteiger partial charge in [0.25, 0.3) is 5.56 Å². The second-order valence-electron chi connectivity index (χ2n) is 8.46. The SMILES string of the molecule is C[C@@H]1CN(c2ccc(Cl)cc2)c2nc3c(c(=O)n(C/C=C/c4ccccc4)c(=O)n3C)n2C1. The van der Waals surface area contributed by atoms with Crippen LogP contribution in [0.15, 0.2) is 70.3 Å². The molecule has 0 N–H and O–H groups in total. The zero-order valence-electron chi connectivity index (χ0n) is 18.5. The molecule has 0 unspecified atom stereocenters. The summed E-state index contributed by atoms with van der Waals surface area (Å²) in [6, 6.07) is 17.3. The molecule has 2 aromatic carbocycles. The maximum Gasteiger partial charge on any atom is 0.332 e. The molecular formula is C25H24ClN5O2. The van der Waals surface area contributed by atoms with Crippen molar-refractivity contribution >= 4 is 40.5 Å². The van der Waals surface area contributed by atoms with Gasteiger partial charge in [0, 0.05) is 37.4 Å². The smallest absolute Gasteiger partial charge is 0.312 e. The first kappa shape index (κ1) is 21.3. The van der Waals surface area contributed by atoms with Crippen LogP contribution < -0.4 is 16.1 Å². The first-order valence-corrected chi connectivity index (χ1v) is 11.3.